The lowest BCUT2D eigenvalue weighted by Crippen LogP contribution is -2.10. The molecule has 0 amide bonds. The van der Waals surface area contributed by atoms with Gasteiger partial charge in [0.15, 0.2) is 5.82 Å². The van der Waals surface area contributed by atoms with Crippen LogP contribution < -0.4 is 4.74 Å². The van der Waals surface area contributed by atoms with Gasteiger partial charge in [-0.05, 0) is 102 Å². The lowest BCUT2D eigenvalue weighted by Gasteiger charge is -2.20. The second-order valence-corrected chi connectivity index (χ2v) is 12.6. The van der Waals surface area contributed by atoms with Crippen molar-refractivity contribution < 1.29 is 8.85 Å². The summed E-state index contributed by atoms with van der Waals surface area (Å²) >= 11 is 0. The maximum Gasteiger partial charge on any atom is 0.229 e. The summed E-state index contributed by atoms with van der Waals surface area (Å²) in [7, 11) is 0. The molecule has 7 rings (SSSR count). The van der Waals surface area contributed by atoms with Crippen molar-refractivity contribution in [2.45, 2.75) is 53.3 Å². The average Bonchev–Trinajstić information content (AvgIpc) is 3.67. The molecule has 7 aromatic rings. The second-order valence-electron chi connectivity index (χ2n) is 12.6. The summed E-state index contributed by atoms with van der Waals surface area (Å²) in [6, 6.07) is 27.9. The van der Waals surface area contributed by atoms with Gasteiger partial charge < -0.3 is 4.74 Å². The number of hydrogen-bond donors (Lipinski definition) is 0. The number of nitrogens with zero attached hydrogens (tertiary/aromatic N) is 7. The molecule has 0 aliphatic carbocycles. The minimum atomic E-state index is -2.34. The third-order valence-electron chi connectivity index (χ3n) is 8.66. The second kappa shape index (κ2) is 12.4. The summed E-state index contributed by atoms with van der Waals surface area (Å²) in [5, 5.41) is 16.0. The van der Waals surface area contributed by atoms with E-state index < -0.39 is 6.85 Å². The molecular formula is C41H35N7O. The first-order valence-electron chi connectivity index (χ1n) is 17.6. The summed E-state index contributed by atoms with van der Waals surface area (Å²) in [5.41, 5.74) is 6.39. The number of aryl methyl sites for hydroxylation is 2. The molecule has 0 bridgehead atoms. The van der Waals surface area contributed by atoms with Gasteiger partial charge in [0, 0.05) is 21.3 Å². The van der Waals surface area contributed by atoms with Gasteiger partial charge in [0.2, 0.25) is 5.69 Å². The Morgan fingerprint density at radius 2 is 1.65 bits per heavy atom. The number of benzene rings is 4. The van der Waals surface area contributed by atoms with Crippen LogP contribution in [0.3, 0.4) is 0 Å². The zero-order valence-electron chi connectivity index (χ0n) is 30.9. The molecule has 3 aromatic heterocycles. The summed E-state index contributed by atoms with van der Waals surface area (Å²) in [6.07, 6.45) is 1.47. The van der Waals surface area contributed by atoms with Gasteiger partial charge in [-0.3, -0.25) is 4.57 Å². The first-order chi connectivity index (χ1) is 24.9. The zero-order valence-corrected chi connectivity index (χ0v) is 27.9. The predicted octanol–water partition coefficient (Wildman–Crippen LogP) is 10.5. The predicted molar refractivity (Wildman–Crippen MR) is 194 cm³/mol. The van der Waals surface area contributed by atoms with Crippen molar-refractivity contribution in [1.29, 1.82) is 5.26 Å². The van der Waals surface area contributed by atoms with Crippen LogP contribution in [0.5, 0.6) is 11.5 Å². The van der Waals surface area contributed by atoms with Crippen LogP contribution in [0, 0.1) is 31.7 Å². The van der Waals surface area contributed by atoms with Crippen molar-refractivity contribution in [1.82, 2.24) is 24.3 Å². The van der Waals surface area contributed by atoms with Crippen LogP contribution >= 0.6 is 0 Å². The molecule has 0 aliphatic heterocycles. The third-order valence-corrected chi connectivity index (χ3v) is 8.66. The van der Waals surface area contributed by atoms with E-state index >= 15 is 0 Å². The van der Waals surface area contributed by atoms with E-state index in [1.54, 1.807) is 30.3 Å². The van der Waals surface area contributed by atoms with Crippen LogP contribution in [0.25, 0.3) is 49.5 Å². The topological polar surface area (TPSA) is 85.9 Å². The molecule has 0 saturated heterocycles. The van der Waals surface area contributed by atoms with Crippen LogP contribution in [-0.4, -0.2) is 24.3 Å². The Hall–Kier alpha value is -6.25. The minimum absolute atomic E-state index is 0.145. The van der Waals surface area contributed by atoms with E-state index in [0.29, 0.717) is 50.9 Å². The molecule has 4 aromatic carbocycles. The monoisotopic (exact) mass is 644 g/mol. The van der Waals surface area contributed by atoms with E-state index in [9.17, 15) is 5.26 Å². The van der Waals surface area contributed by atoms with E-state index in [-0.39, 0.29) is 23.1 Å². The first-order valence-corrected chi connectivity index (χ1v) is 16.1. The summed E-state index contributed by atoms with van der Waals surface area (Å²) in [5.74, 6) is 3.02. The van der Waals surface area contributed by atoms with Crippen molar-refractivity contribution >= 4 is 27.5 Å². The standard InChI is InChI=1S/C41H35N7O/c1-24(2)31-12-9-13-32(25(3)4)40(31)48-41(45-27(6)46-48)29-10-8-11-30(20-29)49-38-22-37-34(21-35(38)43-7)33-19-28(23-42)14-15-36(33)47(37)39-18-26(5)16-17-44-39/h8-22,24-25H,1-6H3/i5D3. The Morgan fingerprint density at radius 3 is 2.37 bits per heavy atom. The lowest BCUT2D eigenvalue weighted by molar-refractivity contribution is 0.486. The number of para-hydroxylation sites is 1. The van der Waals surface area contributed by atoms with Crippen molar-refractivity contribution in [2.24, 2.45) is 0 Å². The Bertz CT molecular complexity index is 2570. The van der Waals surface area contributed by atoms with Gasteiger partial charge in [-0.15, -0.1) is 0 Å². The molecule has 0 N–H and O–H groups in total. The van der Waals surface area contributed by atoms with Crippen molar-refractivity contribution in [2.75, 3.05) is 0 Å². The summed E-state index contributed by atoms with van der Waals surface area (Å²) < 4.78 is 34.2. The van der Waals surface area contributed by atoms with Crippen molar-refractivity contribution in [3.8, 4) is 40.5 Å². The summed E-state index contributed by atoms with van der Waals surface area (Å²) in [4.78, 5) is 13.2. The Balaban J connectivity index is 1.38. The molecule has 8 heteroatoms. The number of ether oxygens (including phenoxy) is 1. The fourth-order valence-corrected chi connectivity index (χ4v) is 6.40. The molecule has 0 unspecified atom stereocenters. The van der Waals surface area contributed by atoms with Gasteiger partial charge in [0.1, 0.15) is 23.1 Å². The highest BCUT2D eigenvalue weighted by Crippen LogP contribution is 2.42. The number of rotatable bonds is 7. The van der Waals surface area contributed by atoms with Crippen LogP contribution in [0.15, 0.2) is 91.1 Å². The fraction of sp³-hybridized carbons (Fsp3) is 0.195. The quantitative estimate of drug-likeness (QED) is 0.161. The number of pyridine rings is 1. The van der Waals surface area contributed by atoms with Gasteiger partial charge in [0.25, 0.3) is 0 Å². The molecule has 3 heterocycles. The number of fused-ring (bicyclic) bond motifs is 3. The van der Waals surface area contributed by atoms with E-state index in [0.717, 1.165) is 16.6 Å². The highest BCUT2D eigenvalue weighted by Gasteiger charge is 2.22. The highest BCUT2D eigenvalue weighted by molar-refractivity contribution is 6.11. The lowest BCUT2D eigenvalue weighted by atomic mass is 9.92. The molecular weight excluding hydrogens is 606 g/mol. The van der Waals surface area contributed by atoms with E-state index in [2.05, 4.69) is 61.8 Å². The smallest absolute Gasteiger partial charge is 0.229 e. The minimum Gasteiger partial charge on any atom is -0.468 e. The molecule has 240 valence electrons. The average molecular weight is 645 g/mol. The number of hydrogen-bond acceptors (Lipinski definition) is 5. The Labute approximate surface area is 289 Å². The number of aromatic nitrogens is 5. The van der Waals surface area contributed by atoms with Gasteiger partial charge in [-0.2, -0.15) is 10.4 Å². The molecule has 0 saturated carbocycles. The van der Waals surface area contributed by atoms with Crippen molar-refractivity contribution in [3.63, 3.8) is 0 Å². The SMILES string of the molecule is [2H]C([2H])([2H])c1ccnc(-n2c3ccc(C#N)cc3c3cc([N+]#[C-])c(Oc4cccc(-c5nc(C)nn5-c5c(C(C)C)cccc5C(C)C)c4)cc32)c1. The Kier molecular flexibility index (Phi) is 7.05. The zero-order chi connectivity index (χ0) is 36.9. The third kappa shape index (κ3) is 5.58. The molecule has 0 radical (unpaired) electrons. The normalized spacial score (nSPS) is 12.6. The maximum atomic E-state index is 9.68. The Morgan fingerprint density at radius 1 is 0.898 bits per heavy atom. The van der Waals surface area contributed by atoms with Crippen LogP contribution in [-0.2, 0) is 0 Å². The molecule has 0 spiro atoms. The largest absolute Gasteiger partial charge is 0.468 e. The van der Waals surface area contributed by atoms with Gasteiger partial charge in [-0.25, -0.2) is 19.5 Å². The van der Waals surface area contributed by atoms with Crippen LogP contribution in [0.2, 0.25) is 0 Å². The van der Waals surface area contributed by atoms with Crippen LogP contribution in [0.4, 0.5) is 5.69 Å². The van der Waals surface area contributed by atoms with Gasteiger partial charge in [-0.1, -0.05) is 58.0 Å². The maximum absolute atomic E-state index is 9.68. The van der Waals surface area contributed by atoms with Crippen molar-refractivity contribution in [3.05, 3.63) is 131 Å². The highest BCUT2D eigenvalue weighted by atomic mass is 16.5. The van der Waals surface area contributed by atoms with Gasteiger partial charge >= 0.3 is 0 Å². The number of nitriles is 1. The molecule has 49 heavy (non-hydrogen) atoms. The molecule has 0 aliphatic rings. The molecule has 0 atom stereocenters. The molecule has 0 fully saturated rings. The van der Waals surface area contributed by atoms with E-state index in [1.807, 2.05) is 40.4 Å². The van der Waals surface area contributed by atoms with Crippen LogP contribution in [0.1, 0.15) is 71.7 Å². The van der Waals surface area contributed by atoms with Gasteiger partial charge in [0.05, 0.1) is 34.9 Å². The first kappa shape index (κ1) is 27.8. The van der Waals surface area contributed by atoms with E-state index in [1.165, 1.54) is 29.5 Å². The molecule has 8 nitrogen and oxygen atoms in total. The summed E-state index contributed by atoms with van der Waals surface area (Å²) in [6.45, 7) is 16.3. The van der Waals surface area contributed by atoms with E-state index in [4.69, 9.17) is 25.5 Å². The fourth-order valence-electron chi connectivity index (χ4n) is 6.40.